The van der Waals surface area contributed by atoms with Gasteiger partial charge in [0.05, 0.1) is 5.25 Å². The molecule has 0 saturated carbocycles. The van der Waals surface area contributed by atoms with Crippen LogP contribution in [0.15, 0.2) is 60.7 Å². The maximum absolute atomic E-state index is 11.9. The predicted octanol–water partition coefficient (Wildman–Crippen LogP) is 4.33. The van der Waals surface area contributed by atoms with E-state index in [4.69, 9.17) is 4.52 Å². The summed E-state index contributed by atoms with van der Waals surface area (Å²) in [5, 5.41) is -0.153. The van der Waals surface area contributed by atoms with Crippen LogP contribution in [0.1, 0.15) is 22.5 Å². The first-order valence-electron chi connectivity index (χ1n) is 5.95. The quantitative estimate of drug-likeness (QED) is 0.837. The third-order valence-corrected chi connectivity index (χ3v) is 6.27. The molecule has 1 aliphatic rings. The number of hydrogen-bond acceptors (Lipinski definition) is 3. The van der Waals surface area contributed by atoms with E-state index in [1.54, 1.807) is 0 Å². The molecule has 1 aliphatic heterocycles. The summed E-state index contributed by atoms with van der Waals surface area (Å²) in [6, 6.07) is 19.3. The van der Waals surface area contributed by atoms with Gasteiger partial charge in [0.25, 0.3) is 0 Å². The molecular formula is C14H13O3PS. The van der Waals surface area contributed by atoms with Gasteiger partial charge in [0.15, 0.2) is 0 Å². The summed E-state index contributed by atoms with van der Waals surface area (Å²) in [5.74, 6) is 0. The minimum Gasteiger partial charge on any atom is -0.316 e. The molecule has 0 amide bonds. The van der Waals surface area contributed by atoms with Crippen LogP contribution in [0.5, 0.6) is 0 Å². The monoisotopic (exact) mass is 292 g/mol. The molecule has 0 bridgehead atoms. The van der Waals surface area contributed by atoms with Crippen molar-refractivity contribution in [2.24, 2.45) is 0 Å². The third kappa shape index (κ3) is 2.77. The summed E-state index contributed by atoms with van der Waals surface area (Å²) < 4.78 is 17.3. The first-order chi connectivity index (χ1) is 9.16. The Balaban J connectivity index is 2.00. The first kappa shape index (κ1) is 12.9. The number of benzene rings is 2. The molecule has 2 aromatic rings. The van der Waals surface area contributed by atoms with Crippen LogP contribution in [-0.2, 0) is 9.09 Å². The smallest absolute Gasteiger partial charge is 0.316 e. The van der Waals surface area contributed by atoms with E-state index >= 15 is 0 Å². The fourth-order valence-electron chi connectivity index (χ4n) is 2.18. The standard InChI is InChI=1S/C14H13O3PS/c15-18(16)17-13(11-7-3-1-4-8-11)14(19-18)12-9-5-2-6-10-12/h1-10,13-14H,(H,15,16). The molecule has 1 fully saturated rings. The molecule has 2 aromatic carbocycles. The summed E-state index contributed by atoms with van der Waals surface area (Å²) in [7, 11) is 0. The van der Waals surface area contributed by atoms with Gasteiger partial charge in [-0.1, -0.05) is 60.7 Å². The molecule has 3 nitrogen and oxygen atoms in total. The van der Waals surface area contributed by atoms with Gasteiger partial charge in [0.1, 0.15) is 6.10 Å². The van der Waals surface area contributed by atoms with Crippen molar-refractivity contribution in [1.29, 1.82) is 0 Å². The molecule has 0 aromatic heterocycles. The third-order valence-electron chi connectivity index (χ3n) is 3.02. The molecule has 98 valence electrons. The van der Waals surface area contributed by atoms with Crippen LogP contribution in [0.3, 0.4) is 0 Å². The van der Waals surface area contributed by atoms with Gasteiger partial charge in [-0.15, -0.1) is 0 Å². The SMILES string of the molecule is O=P1(O)OC(c2ccccc2)C(c2ccccc2)S1. The highest BCUT2D eigenvalue weighted by Gasteiger charge is 2.44. The van der Waals surface area contributed by atoms with E-state index in [-0.39, 0.29) is 11.4 Å². The van der Waals surface area contributed by atoms with Crippen LogP contribution in [-0.4, -0.2) is 4.89 Å². The normalized spacial score (nSPS) is 30.4. The predicted molar refractivity (Wildman–Crippen MR) is 76.9 cm³/mol. The van der Waals surface area contributed by atoms with Crippen LogP contribution in [0.25, 0.3) is 0 Å². The summed E-state index contributed by atoms with van der Waals surface area (Å²) in [4.78, 5) is 9.75. The van der Waals surface area contributed by atoms with Crippen molar-refractivity contribution < 1.29 is 14.0 Å². The lowest BCUT2D eigenvalue weighted by Gasteiger charge is -2.16. The van der Waals surface area contributed by atoms with Crippen molar-refractivity contribution in [2.75, 3.05) is 0 Å². The summed E-state index contributed by atoms with van der Waals surface area (Å²) in [6.45, 7) is -3.57. The lowest BCUT2D eigenvalue weighted by molar-refractivity contribution is 0.196. The average Bonchev–Trinajstić information content (AvgIpc) is 2.77. The van der Waals surface area contributed by atoms with E-state index in [0.29, 0.717) is 0 Å². The Labute approximate surface area is 115 Å². The molecule has 3 atom stereocenters. The number of rotatable bonds is 2. The molecule has 3 unspecified atom stereocenters. The Morgan fingerprint density at radius 2 is 1.47 bits per heavy atom. The van der Waals surface area contributed by atoms with Gasteiger partial charge < -0.3 is 4.89 Å². The molecule has 1 saturated heterocycles. The van der Waals surface area contributed by atoms with Gasteiger partial charge in [-0.2, -0.15) is 0 Å². The molecule has 0 spiro atoms. The van der Waals surface area contributed by atoms with E-state index in [2.05, 4.69) is 0 Å². The van der Waals surface area contributed by atoms with E-state index in [0.717, 1.165) is 22.5 Å². The highest BCUT2D eigenvalue weighted by Crippen LogP contribution is 2.73. The second kappa shape index (κ2) is 5.14. The fourth-order valence-corrected chi connectivity index (χ4v) is 5.72. The average molecular weight is 292 g/mol. The Morgan fingerprint density at radius 3 is 2.05 bits per heavy atom. The van der Waals surface area contributed by atoms with Crippen molar-refractivity contribution in [2.45, 2.75) is 11.4 Å². The van der Waals surface area contributed by atoms with Crippen LogP contribution in [0.4, 0.5) is 0 Å². The van der Waals surface area contributed by atoms with E-state index in [1.165, 1.54) is 0 Å². The Morgan fingerprint density at radius 1 is 0.947 bits per heavy atom. The second-order valence-corrected chi connectivity index (χ2v) is 8.23. The molecule has 1 heterocycles. The van der Waals surface area contributed by atoms with Crippen LogP contribution < -0.4 is 0 Å². The molecule has 19 heavy (non-hydrogen) atoms. The zero-order valence-corrected chi connectivity index (χ0v) is 11.8. The fraction of sp³-hybridized carbons (Fsp3) is 0.143. The zero-order chi connectivity index (χ0) is 13.3. The van der Waals surface area contributed by atoms with Crippen molar-refractivity contribution in [3.05, 3.63) is 71.8 Å². The molecule has 0 radical (unpaired) electrons. The first-order valence-corrected chi connectivity index (χ1v) is 9.01. The van der Waals surface area contributed by atoms with Crippen molar-refractivity contribution >= 4 is 18.2 Å². The van der Waals surface area contributed by atoms with Gasteiger partial charge in [-0.05, 0) is 22.5 Å². The van der Waals surface area contributed by atoms with Gasteiger partial charge in [0.2, 0.25) is 0 Å². The maximum atomic E-state index is 11.9. The molecule has 1 N–H and O–H groups in total. The van der Waals surface area contributed by atoms with Crippen LogP contribution in [0.2, 0.25) is 0 Å². The minimum absolute atomic E-state index is 0.153. The second-order valence-electron chi connectivity index (χ2n) is 4.34. The maximum Gasteiger partial charge on any atom is 0.387 e. The summed E-state index contributed by atoms with van der Waals surface area (Å²) in [6.07, 6.45) is -0.385. The van der Waals surface area contributed by atoms with Crippen molar-refractivity contribution in [1.82, 2.24) is 0 Å². The van der Waals surface area contributed by atoms with Crippen molar-refractivity contribution in [3.63, 3.8) is 0 Å². The number of hydrogen-bond donors (Lipinski definition) is 1. The van der Waals surface area contributed by atoms with Crippen LogP contribution >= 0.6 is 18.2 Å². The van der Waals surface area contributed by atoms with Gasteiger partial charge >= 0.3 is 6.80 Å². The largest absolute Gasteiger partial charge is 0.387 e. The summed E-state index contributed by atoms with van der Waals surface area (Å²) >= 11 is 1.01. The zero-order valence-electron chi connectivity index (χ0n) is 10.0. The van der Waals surface area contributed by atoms with E-state index in [9.17, 15) is 9.46 Å². The Bertz CT molecular complexity index is 551. The Hall–Kier alpha value is -1.06. The van der Waals surface area contributed by atoms with Crippen LogP contribution in [0, 0.1) is 0 Å². The minimum atomic E-state index is -3.57. The van der Waals surface area contributed by atoms with Crippen molar-refractivity contribution in [3.8, 4) is 0 Å². The molecule has 3 rings (SSSR count). The molecular weight excluding hydrogens is 279 g/mol. The lowest BCUT2D eigenvalue weighted by Crippen LogP contribution is -2.04. The molecule has 0 aliphatic carbocycles. The van der Waals surface area contributed by atoms with E-state index in [1.807, 2.05) is 60.7 Å². The topological polar surface area (TPSA) is 46.5 Å². The van der Waals surface area contributed by atoms with Gasteiger partial charge in [-0.3, -0.25) is 4.52 Å². The highest BCUT2D eigenvalue weighted by atomic mass is 32.7. The highest BCUT2D eigenvalue weighted by molar-refractivity contribution is 8.55. The summed E-state index contributed by atoms with van der Waals surface area (Å²) in [5.41, 5.74) is 1.93. The van der Waals surface area contributed by atoms with E-state index < -0.39 is 6.80 Å². The lowest BCUT2D eigenvalue weighted by atomic mass is 10.0. The van der Waals surface area contributed by atoms with Gasteiger partial charge in [-0.25, -0.2) is 4.57 Å². The van der Waals surface area contributed by atoms with Gasteiger partial charge in [0, 0.05) is 0 Å². The molecule has 5 heteroatoms. The Kier molecular flexibility index (Phi) is 3.50.